The van der Waals surface area contributed by atoms with Gasteiger partial charge in [0.15, 0.2) is 0 Å². The number of carbonyl (C=O) groups is 2. The van der Waals surface area contributed by atoms with Gasteiger partial charge in [-0.2, -0.15) is 0 Å². The van der Waals surface area contributed by atoms with Crippen LogP contribution in [0.5, 0.6) is 0 Å². The lowest BCUT2D eigenvalue weighted by Crippen LogP contribution is -2.44. The summed E-state index contributed by atoms with van der Waals surface area (Å²) in [5.74, 6) is 0.995. The molecule has 1 aliphatic heterocycles. The maximum absolute atomic E-state index is 12.6. The van der Waals surface area contributed by atoms with Crippen LogP contribution in [-0.4, -0.2) is 36.5 Å². The first-order valence-electron chi connectivity index (χ1n) is 6.77. The third-order valence-electron chi connectivity index (χ3n) is 4.61. The van der Waals surface area contributed by atoms with E-state index in [0.717, 1.165) is 25.7 Å². The summed E-state index contributed by atoms with van der Waals surface area (Å²) in [6.45, 7) is 0.705. The largest absolute Gasteiger partial charge is 0.467 e. The minimum absolute atomic E-state index is 0.102. The zero-order chi connectivity index (χ0) is 12.7. The maximum Gasteiger partial charge on any atom is 0.328 e. The molecule has 0 aromatic heterocycles. The number of allylic oxidation sites excluding steroid dienone is 2. The summed E-state index contributed by atoms with van der Waals surface area (Å²) >= 11 is 0. The third kappa shape index (κ3) is 1.74. The van der Waals surface area contributed by atoms with Gasteiger partial charge in [0.2, 0.25) is 5.91 Å². The van der Waals surface area contributed by atoms with Gasteiger partial charge in [0.25, 0.3) is 0 Å². The highest BCUT2D eigenvalue weighted by Crippen LogP contribution is 2.44. The molecule has 0 radical (unpaired) electrons. The van der Waals surface area contributed by atoms with E-state index in [1.807, 2.05) is 0 Å². The van der Waals surface area contributed by atoms with Gasteiger partial charge in [0.05, 0.1) is 7.11 Å². The number of amides is 1. The van der Waals surface area contributed by atoms with Crippen molar-refractivity contribution in [3.63, 3.8) is 0 Å². The summed E-state index contributed by atoms with van der Waals surface area (Å²) in [5, 5.41) is 0. The predicted molar refractivity (Wildman–Crippen MR) is 65.6 cm³/mol. The van der Waals surface area contributed by atoms with E-state index in [4.69, 9.17) is 4.74 Å². The molecule has 4 atom stereocenters. The summed E-state index contributed by atoms with van der Waals surface area (Å²) in [5.41, 5.74) is 0. The van der Waals surface area contributed by atoms with Gasteiger partial charge in [-0.15, -0.1) is 0 Å². The van der Waals surface area contributed by atoms with Crippen molar-refractivity contribution in [3.05, 3.63) is 12.2 Å². The molecule has 0 aromatic rings. The molecular formula is C14H19NO3. The fraction of sp³-hybridized carbons (Fsp3) is 0.714. The zero-order valence-electron chi connectivity index (χ0n) is 10.7. The number of methoxy groups -OCH3 is 1. The van der Waals surface area contributed by atoms with Crippen LogP contribution < -0.4 is 0 Å². The molecule has 4 heteroatoms. The van der Waals surface area contributed by atoms with Crippen molar-refractivity contribution in [3.8, 4) is 0 Å². The number of likely N-dealkylation sites (tertiary alicyclic amines) is 1. The second-order valence-corrected chi connectivity index (χ2v) is 5.60. The van der Waals surface area contributed by atoms with E-state index in [0.29, 0.717) is 18.4 Å². The van der Waals surface area contributed by atoms with Crippen LogP contribution in [0.3, 0.4) is 0 Å². The van der Waals surface area contributed by atoms with Crippen molar-refractivity contribution >= 4 is 11.9 Å². The minimum atomic E-state index is -0.342. The Kier molecular flexibility index (Phi) is 2.88. The fourth-order valence-electron chi connectivity index (χ4n) is 3.69. The van der Waals surface area contributed by atoms with Crippen LogP contribution >= 0.6 is 0 Å². The maximum atomic E-state index is 12.6. The van der Waals surface area contributed by atoms with Crippen LogP contribution in [0.2, 0.25) is 0 Å². The van der Waals surface area contributed by atoms with E-state index in [2.05, 4.69) is 12.2 Å². The number of rotatable bonds is 2. The molecule has 0 spiro atoms. The quantitative estimate of drug-likeness (QED) is 0.548. The highest BCUT2D eigenvalue weighted by molar-refractivity contribution is 5.87. The van der Waals surface area contributed by atoms with Crippen molar-refractivity contribution < 1.29 is 14.3 Å². The number of hydrogen-bond donors (Lipinski definition) is 0. The highest BCUT2D eigenvalue weighted by Gasteiger charge is 2.45. The molecule has 98 valence electrons. The standard InChI is InChI=1S/C14H19NO3/c1-18-14(17)12-3-2-6-15(12)13(16)11-8-9-4-5-10(11)7-9/h4-5,9-12H,2-3,6-8H2,1H3/t9-,10+,11-,12+/m1/s1. The van der Waals surface area contributed by atoms with Crippen molar-refractivity contribution in [2.75, 3.05) is 13.7 Å². The third-order valence-corrected chi connectivity index (χ3v) is 4.61. The minimum Gasteiger partial charge on any atom is -0.467 e. The first-order chi connectivity index (χ1) is 8.70. The SMILES string of the molecule is COC(=O)[C@@H]1CCCN1C(=O)[C@@H]1C[C@@H]2C=C[C@H]1C2. The van der Waals surface area contributed by atoms with Crippen LogP contribution in [0, 0.1) is 17.8 Å². The summed E-state index contributed by atoms with van der Waals surface area (Å²) < 4.78 is 4.79. The number of fused-ring (bicyclic) bond motifs is 2. The van der Waals surface area contributed by atoms with E-state index in [9.17, 15) is 9.59 Å². The van der Waals surface area contributed by atoms with Crippen LogP contribution in [0.4, 0.5) is 0 Å². The Hall–Kier alpha value is -1.32. The normalized spacial score (nSPS) is 37.3. The van der Waals surface area contributed by atoms with Gasteiger partial charge in [0, 0.05) is 12.5 Å². The number of esters is 1. The average molecular weight is 249 g/mol. The highest BCUT2D eigenvalue weighted by atomic mass is 16.5. The van der Waals surface area contributed by atoms with Gasteiger partial charge in [-0.3, -0.25) is 4.79 Å². The molecule has 0 aromatic carbocycles. The molecule has 18 heavy (non-hydrogen) atoms. The Morgan fingerprint density at radius 1 is 1.28 bits per heavy atom. The van der Waals surface area contributed by atoms with Crippen LogP contribution in [0.25, 0.3) is 0 Å². The van der Waals surface area contributed by atoms with Gasteiger partial charge in [-0.05, 0) is 37.5 Å². The number of nitrogens with zero attached hydrogens (tertiary/aromatic N) is 1. The predicted octanol–water partition coefficient (Wildman–Crippen LogP) is 1.36. The van der Waals surface area contributed by atoms with Crippen molar-refractivity contribution in [1.29, 1.82) is 0 Å². The van der Waals surface area contributed by atoms with Crippen molar-refractivity contribution in [1.82, 2.24) is 4.90 Å². The topological polar surface area (TPSA) is 46.6 Å². The van der Waals surface area contributed by atoms with Gasteiger partial charge in [0.1, 0.15) is 6.04 Å². The molecule has 3 aliphatic rings. The van der Waals surface area contributed by atoms with E-state index < -0.39 is 0 Å². The van der Waals surface area contributed by atoms with Gasteiger partial charge < -0.3 is 9.64 Å². The monoisotopic (exact) mass is 249 g/mol. The molecular weight excluding hydrogens is 230 g/mol. The summed E-state index contributed by atoms with van der Waals surface area (Å²) in [6.07, 6.45) is 8.14. The van der Waals surface area contributed by atoms with Gasteiger partial charge >= 0.3 is 5.97 Å². The Labute approximate surface area is 107 Å². The Morgan fingerprint density at radius 2 is 2.11 bits per heavy atom. The molecule has 2 bridgehead atoms. The smallest absolute Gasteiger partial charge is 0.328 e. The molecule has 1 saturated carbocycles. The van der Waals surface area contributed by atoms with Gasteiger partial charge in [-0.1, -0.05) is 12.2 Å². The summed E-state index contributed by atoms with van der Waals surface area (Å²) in [7, 11) is 1.39. The fourth-order valence-corrected chi connectivity index (χ4v) is 3.69. The lowest BCUT2D eigenvalue weighted by Gasteiger charge is -2.28. The van der Waals surface area contributed by atoms with Crippen LogP contribution in [-0.2, 0) is 14.3 Å². The molecule has 1 saturated heterocycles. The van der Waals surface area contributed by atoms with E-state index in [1.54, 1.807) is 4.90 Å². The molecule has 0 N–H and O–H groups in total. The first-order valence-corrected chi connectivity index (χ1v) is 6.77. The van der Waals surface area contributed by atoms with E-state index in [-0.39, 0.29) is 23.8 Å². The summed E-state index contributed by atoms with van der Waals surface area (Å²) in [6, 6.07) is -0.342. The van der Waals surface area contributed by atoms with Crippen molar-refractivity contribution in [2.24, 2.45) is 17.8 Å². The van der Waals surface area contributed by atoms with Crippen molar-refractivity contribution in [2.45, 2.75) is 31.7 Å². The zero-order valence-corrected chi connectivity index (χ0v) is 10.7. The Balaban J connectivity index is 1.72. The Bertz CT molecular complexity index is 404. The number of carbonyl (C=O) groups excluding carboxylic acids is 2. The lowest BCUT2D eigenvalue weighted by molar-refractivity contribution is -0.152. The summed E-state index contributed by atoms with van der Waals surface area (Å²) in [4.78, 5) is 26.0. The second kappa shape index (κ2) is 4.41. The molecule has 1 heterocycles. The average Bonchev–Trinajstić information content (AvgIpc) is 3.11. The van der Waals surface area contributed by atoms with E-state index in [1.165, 1.54) is 7.11 Å². The molecule has 2 fully saturated rings. The second-order valence-electron chi connectivity index (χ2n) is 5.60. The molecule has 3 rings (SSSR count). The number of ether oxygens (including phenoxy) is 1. The molecule has 0 unspecified atom stereocenters. The molecule has 2 aliphatic carbocycles. The van der Waals surface area contributed by atoms with Crippen LogP contribution in [0.1, 0.15) is 25.7 Å². The van der Waals surface area contributed by atoms with Gasteiger partial charge in [-0.25, -0.2) is 4.79 Å². The molecule has 1 amide bonds. The van der Waals surface area contributed by atoms with E-state index >= 15 is 0 Å². The first kappa shape index (κ1) is 11.8. The lowest BCUT2D eigenvalue weighted by atomic mass is 9.92. The number of hydrogen-bond acceptors (Lipinski definition) is 3. The Morgan fingerprint density at radius 3 is 2.72 bits per heavy atom. The molecule has 4 nitrogen and oxygen atoms in total. The van der Waals surface area contributed by atoms with Crippen LogP contribution in [0.15, 0.2) is 12.2 Å².